The van der Waals surface area contributed by atoms with Crippen LogP contribution in [0.3, 0.4) is 0 Å². The topological polar surface area (TPSA) is 76.7 Å². The first kappa shape index (κ1) is 18.8. The normalized spacial score (nSPS) is 11.4. The van der Waals surface area contributed by atoms with Gasteiger partial charge in [-0.25, -0.2) is 9.59 Å². The van der Waals surface area contributed by atoms with Gasteiger partial charge in [0.1, 0.15) is 0 Å². The van der Waals surface area contributed by atoms with Crippen molar-refractivity contribution in [1.29, 1.82) is 0 Å². The highest BCUT2D eigenvalue weighted by atomic mass is 16.6. The van der Waals surface area contributed by atoms with Crippen LogP contribution in [-0.4, -0.2) is 31.9 Å². The number of alkyl carbamates (subject to hydrolysis) is 1. The van der Waals surface area contributed by atoms with Crippen molar-refractivity contribution >= 4 is 17.9 Å². The molecule has 0 aromatic heterocycles. The highest BCUT2D eigenvalue weighted by molar-refractivity contribution is 5.84. The molecule has 0 spiro atoms. The molecule has 2 N–H and O–H groups in total. The van der Waals surface area contributed by atoms with Crippen LogP contribution in [0.25, 0.3) is 0 Å². The summed E-state index contributed by atoms with van der Waals surface area (Å²) in [6.45, 7) is 7.02. The molecule has 0 bridgehead atoms. The minimum atomic E-state index is -0.477. The number of unbranched alkanes of at least 4 members (excludes halogenated alkanes) is 1. The zero-order chi connectivity index (χ0) is 17.1. The van der Waals surface area contributed by atoms with Crippen LogP contribution in [0.1, 0.15) is 45.1 Å². The van der Waals surface area contributed by atoms with E-state index in [4.69, 9.17) is 9.47 Å². The molecule has 6 heteroatoms. The minimum Gasteiger partial charge on any atom is -0.450 e. The lowest BCUT2D eigenvalue weighted by molar-refractivity contribution is 0.144. The quantitative estimate of drug-likeness (QED) is 0.712. The lowest BCUT2D eigenvalue weighted by atomic mass is 10.0. The number of nitrogens with one attached hydrogen (secondary N) is 2. The van der Waals surface area contributed by atoms with Gasteiger partial charge in [-0.05, 0) is 37.0 Å². The molecule has 1 rings (SSSR count). The SMILES string of the molecule is CCCCOC(=O)NCC(C)c1cccc(NC(=O)OCC)c1. The van der Waals surface area contributed by atoms with Gasteiger partial charge in [-0.1, -0.05) is 32.4 Å². The van der Waals surface area contributed by atoms with E-state index in [0.29, 0.717) is 25.4 Å². The van der Waals surface area contributed by atoms with Gasteiger partial charge in [0.15, 0.2) is 0 Å². The van der Waals surface area contributed by atoms with E-state index in [1.807, 2.05) is 32.0 Å². The van der Waals surface area contributed by atoms with E-state index in [-0.39, 0.29) is 5.92 Å². The molecule has 1 aromatic rings. The van der Waals surface area contributed by atoms with Crippen molar-refractivity contribution in [3.63, 3.8) is 0 Å². The number of carbonyl (C=O) groups is 2. The maximum atomic E-state index is 11.5. The van der Waals surface area contributed by atoms with Crippen molar-refractivity contribution in [3.8, 4) is 0 Å². The number of carbonyl (C=O) groups excluding carboxylic acids is 2. The molecule has 6 nitrogen and oxygen atoms in total. The second kappa shape index (κ2) is 10.5. The van der Waals surface area contributed by atoms with E-state index in [9.17, 15) is 9.59 Å². The largest absolute Gasteiger partial charge is 0.450 e. The Bertz CT molecular complexity index is 505. The maximum Gasteiger partial charge on any atom is 0.411 e. The summed E-state index contributed by atoms with van der Waals surface area (Å²) in [6, 6.07) is 7.46. The summed E-state index contributed by atoms with van der Waals surface area (Å²) in [6.07, 6.45) is 0.982. The van der Waals surface area contributed by atoms with Gasteiger partial charge < -0.3 is 14.8 Å². The number of hydrogen-bond acceptors (Lipinski definition) is 4. The van der Waals surface area contributed by atoms with Gasteiger partial charge in [-0.15, -0.1) is 0 Å². The first-order valence-corrected chi connectivity index (χ1v) is 8.01. The van der Waals surface area contributed by atoms with Crippen molar-refractivity contribution in [2.75, 3.05) is 25.1 Å². The minimum absolute atomic E-state index is 0.0951. The number of ether oxygens (including phenoxy) is 2. The molecule has 1 atom stereocenters. The van der Waals surface area contributed by atoms with Crippen molar-refractivity contribution in [1.82, 2.24) is 5.32 Å². The van der Waals surface area contributed by atoms with Crippen LogP contribution >= 0.6 is 0 Å². The Morgan fingerprint density at radius 2 is 1.96 bits per heavy atom. The highest BCUT2D eigenvalue weighted by Gasteiger charge is 2.10. The third-order valence-electron chi connectivity index (χ3n) is 3.26. The van der Waals surface area contributed by atoms with Crippen molar-refractivity contribution in [2.24, 2.45) is 0 Å². The third kappa shape index (κ3) is 7.54. The summed E-state index contributed by atoms with van der Waals surface area (Å²) in [5.74, 6) is 0.0951. The van der Waals surface area contributed by atoms with Crippen LogP contribution < -0.4 is 10.6 Å². The molecule has 0 heterocycles. The Hall–Kier alpha value is -2.24. The average Bonchev–Trinajstić information content (AvgIpc) is 2.53. The van der Waals surface area contributed by atoms with Crippen molar-refractivity contribution < 1.29 is 19.1 Å². The molecule has 1 unspecified atom stereocenters. The van der Waals surface area contributed by atoms with Gasteiger partial charge in [0.05, 0.1) is 13.2 Å². The zero-order valence-electron chi connectivity index (χ0n) is 14.1. The van der Waals surface area contributed by atoms with Crippen LogP contribution in [0.15, 0.2) is 24.3 Å². The summed E-state index contributed by atoms with van der Waals surface area (Å²) in [4.78, 5) is 23.0. The monoisotopic (exact) mass is 322 g/mol. The molecular weight excluding hydrogens is 296 g/mol. The summed E-state index contributed by atoms with van der Waals surface area (Å²) in [5, 5.41) is 5.41. The number of hydrogen-bond donors (Lipinski definition) is 2. The van der Waals surface area contributed by atoms with E-state index >= 15 is 0 Å². The van der Waals surface area contributed by atoms with Gasteiger partial charge in [0, 0.05) is 12.2 Å². The molecule has 0 aliphatic carbocycles. The van der Waals surface area contributed by atoms with E-state index in [2.05, 4.69) is 10.6 Å². The van der Waals surface area contributed by atoms with Crippen molar-refractivity contribution in [3.05, 3.63) is 29.8 Å². The molecule has 0 saturated heterocycles. The van der Waals surface area contributed by atoms with Crippen LogP contribution in [0.4, 0.5) is 15.3 Å². The predicted molar refractivity (Wildman–Crippen MR) is 89.8 cm³/mol. The van der Waals surface area contributed by atoms with Crippen LogP contribution in [0.5, 0.6) is 0 Å². The number of anilines is 1. The molecule has 0 radical (unpaired) electrons. The molecule has 0 aliphatic rings. The van der Waals surface area contributed by atoms with Crippen LogP contribution in [0, 0.1) is 0 Å². The highest BCUT2D eigenvalue weighted by Crippen LogP contribution is 2.19. The molecule has 128 valence electrons. The maximum absolute atomic E-state index is 11.5. The Kier molecular flexibility index (Phi) is 8.57. The van der Waals surface area contributed by atoms with Gasteiger partial charge >= 0.3 is 12.2 Å². The molecular formula is C17H26N2O4. The number of rotatable bonds is 8. The smallest absolute Gasteiger partial charge is 0.411 e. The zero-order valence-corrected chi connectivity index (χ0v) is 14.1. The molecule has 0 aliphatic heterocycles. The third-order valence-corrected chi connectivity index (χ3v) is 3.26. The summed E-state index contributed by atoms with van der Waals surface area (Å²) in [5.41, 5.74) is 1.67. The predicted octanol–water partition coefficient (Wildman–Crippen LogP) is 3.88. The molecule has 1 aromatic carbocycles. The van der Waals surface area contributed by atoms with E-state index < -0.39 is 12.2 Å². The second-order valence-electron chi connectivity index (χ2n) is 5.24. The number of benzene rings is 1. The number of amides is 2. The van der Waals surface area contributed by atoms with Crippen molar-refractivity contribution in [2.45, 2.75) is 39.5 Å². The molecule has 0 saturated carbocycles. The van der Waals surface area contributed by atoms with Crippen LogP contribution in [0.2, 0.25) is 0 Å². The van der Waals surface area contributed by atoms with Crippen LogP contribution in [-0.2, 0) is 9.47 Å². The summed E-state index contributed by atoms with van der Waals surface area (Å²) in [7, 11) is 0. The molecule has 2 amide bonds. The van der Waals surface area contributed by atoms with Gasteiger partial charge in [-0.2, -0.15) is 0 Å². The Morgan fingerprint density at radius 1 is 1.17 bits per heavy atom. The first-order chi connectivity index (χ1) is 11.1. The molecule has 23 heavy (non-hydrogen) atoms. The first-order valence-electron chi connectivity index (χ1n) is 8.01. The second-order valence-corrected chi connectivity index (χ2v) is 5.24. The summed E-state index contributed by atoms with van der Waals surface area (Å²) < 4.78 is 9.90. The Balaban J connectivity index is 2.48. The summed E-state index contributed by atoms with van der Waals surface area (Å²) >= 11 is 0. The Morgan fingerprint density at radius 3 is 2.65 bits per heavy atom. The lowest BCUT2D eigenvalue weighted by Gasteiger charge is -2.14. The van der Waals surface area contributed by atoms with E-state index in [0.717, 1.165) is 18.4 Å². The van der Waals surface area contributed by atoms with E-state index in [1.165, 1.54) is 0 Å². The van der Waals surface area contributed by atoms with Gasteiger partial charge in [0.2, 0.25) is 0 Å². The lowest BCUT2D eigenvalue weighted by Crippen LogP contribution is -2.28. The average molecular weight is 322 g/mol. The van der Waals surface area contributed by atoms with E-state index in [1.54, 1.807) is 13.0 Å². The fourth-order valence-electron chi connectivity index (χ4n) is 1.92. The molecule has 0 fully saturated rings. The van der Waals surface area contributed by atoms with Gasteiger partial charge in [-0.3, -0.25) is 5.32 Å². The standard InChI is InChI=1S/C17H26N2O4/c1-4-6-10-23-16(20)18-12-13(3)14-8-7-9-15(11-14)19-17(21)22-5-2/h7-9,11,13H,4-6,10,12H2,1-3H3,(H,18,20)(H,19,21). The Labute approximate surface area is 137 Å². The fourth-order valence-corrected chi connectivity index (χ4v) is 1.92. The fraction of sp³-hybridized carbons (Fsp3) is 0.529. The van der Waals surface area contributed by atoms with Gasteiger partial charge in [0.25, 0.3) is 0 Å².